The Kier molecular flexibility index (Phi) is 9.46. The highest BCUT2D eigenvalue weighted by Crippen LogP contribution is 2.68. The van der Waals surface area contributed by atoms with Crippen molar-refractivity contribution in [3.63, 3.8) is 0 Å². The van der Waals surface area contributed by atoms with Gasteiger partial charge in [-0.05, 0) is 149 Å². The number of hydrogen-bond donors (Lipinski definition) is 0. The first-order valence-corrected chi connectivity index (χ1v) is 28.3. The normalized spacial score (nSPS) is 15.1. The van der Waals surface area contributed by atoms with Crippen LogP contribution >= 0.6 is 22.7 Å². The summed E-state index contributed by atoms with van der Waals surface area (Å²) in [4.78, 5) is 6.79. The summed E-state index contributed by atoms with van der Waals surface area (Å²) in [5.74, 6) is 0. The molecular formula is C69H63BN2S2. The Morgan fingerprint density at radius 3 is 1.51 bits per heavy atom. The quantitative estimate of drug-likeness (QED) is 0.159. The number of nitrogens with zero attached hydrogens (tertiary/aromatic N) is 2. The van der Waals surface area contributed by atoms with E-state index in [1.807, 2.05) is 11.3 Å². The Balaban J connectivity index is 1.16. The fourth-order valence-electron chi connectivity index (χ4n) is 13.2. The van der Waals surface area contributed by atoms with Crippen molar-refractivity contribution in [3.8, 4) is 22.3 Å². The van der Waals surface area contributed by atoms with Crippen LogP contribution in [0.2, 0.25) is 0 Å². The molecular weight excluding hydrogens is 932 g/mol. The predicted molar refractivity (Wildman–Crippen MR) is 322 cm³/mol. The van der Waals surface area contributed by atoms with Gasteiger partial charge in [-0.1, -0.05) is 186 Å². The van der Waals surface area contributed by atoms with E-state index in [0.717, 1.165) is 0 Å². The van der Waals surface area contributed by atoms with E-state index in [0.29, 0.717) is 0 Å². The molecule has 0 fully saturated rings. The van der Waals surface area contributed by atoms with Gasteiger partial charge in [-0.2, -0.15) is 0 Å². The lowest BCUT2D eigenvalue weighted by Crippen LogP contribution is -2.60. The molecule has 0 unspecified atom stereocenters. The van der Waals surface area contributed by atoms with Crippen molar-refractivity contribution in [2.24, 2.45) is 0 Å². The molecule has 364 valence electrons. The molecule has 0 radical (unpaired) electrons. The average molecular weight is 995 g/mol. The molecule has 2 nitrogen and oxygen atoms in total. The molecule has 0 amide bonds. The topological polar surface area (TPSA) is 6.48 Å². The molecule has 2 aromatic heterocycles. The van der Waals surface area contributed by atoms with E-state index < -0.39 is 5.41 Å². The second-order valence-corrected chi connectivity index (χ2v) is 27.9. The third-order valence-corrected chi connectivity index (χ3v) is 19.6. The van der Waals surface area contributed by atoms with Crippen LogP contribution in [-0.2, 0) is 27.1 Å². The van der Waals surface area contributed by atoms with Crippen LogP contribution in [0.25, 0.3) is 42.4 Å². The molecule has 4 aliphatic rings. The van der Waals surface area contributed by atoms with Crippen LogP contribution in [0.3, 0.4) is 0 Å². The lowest BCUT2D eigenvalue weighted by molar-refractivity contribution is 0.589. The molecule has 0 bridgehead atoms. The Bertz CT molecular complexity index is 3960. The lowest BCUT2D eigenvalue weighted by atomic mass is 9.36. The van der Waals surface area contributed by atoms with Crippen molar-refractivity contribution in [2.75, 3.05) is 9.80 Å². The van der Waals surface area contributed by atoms with Crippen molar-refractivity contribution in [1.82, 2.24) is 0 Å². The van der Waals surface area contributed by atoms with Crippen molar-refractivity contribution in [2.45, 2.75) is 110 Å². The molecule has 0 N–H and O–H groups in total. The summed E-state index contributed by atoms with van der Waals surface area (Å²) >= 11 is 4.02. The van der Waals surface area contributed by atoms with Crippen LogP contribution in [-0.4, -0.2) is 6.71 Å². The molecule has 1 spiro atoms. The smallest absolute Gasteiger partial charge is 0.264 e. The van der Waals surface area contributed by atoms with Crippen molar-refractivity contribution in [3.05, 3.63) is 208 Å². The van der Waals surface area contributed by atoms with E-state index in [9.17, 15) is 0 Å². The van der Waals surface area contributed by atoms with Crippen molar-refractivity contribution < 1.29 is 0 Å². The molecule has 2 aliphatic heterocycles. The second-order valence-electron chi connectivity index (χ2n) is 25.8. The highest BCUT2D eigenvalue weighted by molar-refractivity contribution is 7.30. The molecule has 0 saturated carbocycles. The molecule has 14 rings (SSSR count). The average Bonchev–Trinajstić information content (AvgIpc) is 4.12. The third kappa shape index (κ3) is 6.29. The van der Waals surface area contributed by atoms with E-state index in [1.165, 1.54) is 136 Å². The molecule has 10 aromatic rings. The van der Waals surface area contributed by atoms with Crippen LogP contribution in [0.15, 0.2) is 164 Å². The van der Waals surface area contributed by atoms with Gasteiger partial charge in [0.25, 0.3) is 6.71 Å². The molecule has 5 heteroatoms. The van der Waals surface area contributed by atoms with Gasteiger partial charge >= 0.3 is 0 Å². The minimum atomic E-state index is -0.508. The van der Waals surface area contributed by atoms with Gasteiger partial charge in [-0.15, -0.1) is 22.7 Å². The van der Waals surface area contributed by atoms with Crippen LogP contribution in [0.4, 0.5) is 34.1 Å². The Morgan fingerprint density at radius 2 is 0.919 bits per heavy atom. The number of anilines is 6. The minimum absolute atomic E-state index is 0.00748. The van der Waals surface area contributed by atoms with E-state index in [4.69, 9.17) is 0 Å². The van der Waals surface area contributed by atoms with Crippen LogP contribution in [0.5, 0.6) is 0 Å². The number of rotatable bonds is 2. The van der Waals surface area contributed by atoms with E-state index >= 15 is 0 Å². The number of benzene rings is 8. The van der Waals surface area contributed by atoms with Gasteiger partial charge in [0.05, 0.1) is 11.1 Å². The predicted octanol–water partition coefficient (Wildman–Crippen LogP) is 17.7. The number of thiophene rings is 2. The zero-order valence-electron chi connectivity index (χ0n) is 44.9. The van der Waals surface area contributed by atoms with E-state index in [-0.39, 0.29) is 28.4 Å². The third-order valence-electron chi connectivity index (χ3n) is 17.1. The monoisotopic (exact) mass is 994 g/mol. The van der Waals surface area contributed by atoms with Crippen LogP contribution < -0.4 is 25.5 Å². The molecule has 2 aliphatic carbocycles. The van der Waals surface area contributed by atoms with E-state index in [2.05, 4.69) is 268 Å². The van der Waals surface area contributed by atoms with Gasteiger partial charge in [0.1, 0.15) is 0 Å². The molecule has 74 heavy (non-hydrogen) atoms. The zero-order chi connectivity index (χ0) is 51.2. The van der Waals surface area contributed by atoms with Crippen molar-refractivity contribution in [1.29, 1.82) is 0 Å². The number of hydrogen-bond acceptors (Lipinski definition) is 4. The van der Waals surface area contributed by atoms with Gasteiger partial charge in [-0.3, -0.25) is 0 Å². The maximum absolute atomic E-state index is 2.72. The standard InChI is InChI=1S/C69H63BN2S2/c1-65(2,3)40-25-30-44(31-26-40)71-55-35-42(67(7,8)9)29-34-54(55)70-61-56(71)36-43(68(10,11)12)37-57(61)72(45-32-27-41(28-33-45)66(4,5)6)62-60-50-38-49-48-21-15-18-24-58(48)73-59(49)39-53(50)69(63(60)74-64(62)70)51-22-16-13-19-46(51)47-20-14-17-23-52(47)69/h13-39H,1-12H3. The maximum Gasteiger partial charge on any atom is 0.264 e. The zero-order valence-corrected chi connectivity index (χ0v) is 46.5. The van der Waals surface area contributed by atoms with Gasteiger partial charge in [0.2, 0.25) is 0 Å². The first kappa shape index (κ1) is 45.9. The van der Waals surface area contributed by atoms with E-state index in [1.54, 1.807) is 0 Å². The summed E-state index contributed by atoms with van der Waals surface area (Å²) < 4.78 is 4.10. The molecule has 0 saturated heterocycles. The molecule has 4 heterocycles. The van der Waals surface area contributed by atoms with Gasteiger partial charge < -0.3 is 9.80 Å². The summed E-state index contributed by atoms with van der Waals surface area (Å²) in [6, 6.07) is 64.6. The van der Waals surface area contributed by atoms with Gasteiger partial charge in [0, 0.05) is 63.8 Å². The first-order valence-electron chi connectivity index (χ1n) is 26.7. The second kappa shape index (κ2) is 15.2. The van der Waals surface area contributed by atoms with Gasteiger partial charge in [0.15, 0.2) is 0 Å². The Hall–Kier alpha value is -6.66. The summed E-state index contributed by atoms with van der Waals surface area (Å²) in [5.41, 5.74) is 24.5. The summed E-state index contributed by atoms with van der Waals surface area (Å²) in [7, 11) is 0. The first-order chi connectivity index (χ1) is 35.2. The van der Waals surface area contributed by atoms with Gasteiger partial charge in [-0.25, -0.2) is 0 Å². The van der Waals surface area contributed by atoms with Crippen molar-refractivity contribution >= 4 is 99.4 Å². The fourth-order valence-corrected chi connectivity index (χ4v) is 16.0. The van der Waals surface area contributed by atoms with Crippen LogP contribution in [0, 0.1) is 0 Å². The summed E-state index contributed by atoms with van der Waals surface area (Å²) in [6.45, 7) is 28.2. The molecule has 0 atom stereocenters. The fraction of sp³-hybridized carbons (Fsp3) is 0.246. The SMILES string of the molecule is CC(C)(C)c1ccc(N2c3cc(C(C)(C)C)ccc3B3c4sc5c(c4N(c4ccc(C(C)(C)C)cc4)c4cc(C(C)(C)C)cc2c43)-c2cc3c(cc2C52c4ccccc4-c4ccccc42)sc2ccccc23)cc1. The Labute approximate surface area is 446 Å². The highest BCUT2D eigenvalue weighted by atomic mass is 32.1. The largest absolute Gasteiger partial charge is 0.311 e. The number of fused-ring (bicyclic) bond motifs is 18. The minimum Gasteiger partial charge on any atom is -0.311 e. The maximum atomic E-state index is 2.72. The van der Waals surface area contributed by atoms with Crippen LogP contribution in [0.1, 0.15) is 127 Å². The highest BCUT2D eigenvalue weighted by Gasteiger charge is 2.57. The lowest BCUT2D eigenvalue weighted by Gasteiger charge is -2.45. The summed E-state index contributed by atoms with van der Waals surface area (Å²) in [6.07, 6.45) is 0. The summed E-state index contributed by atoms with van der Waals surface area (Å²) in [5, 5.41) is 2.67. The Morgan fingerprint density at radius 1 is 0.405 bits per heavy atom. The molecule has 8 aromatic carbocycles.